The Bertz CT molecular complexity index is 348. The maximum Gasteiger partial charge on any atom is 0.405 e. The third-order valence-electron chi connectivity index (χ3n) is 1.98. The predicted molar refractivity (Wildman–Crippen MR) is 53.6 cm³/mol. The molecule has 1 aromatic rings. The predicted octanol–water partition coefficient (Wildman–Crippen LogP) is 2.28. The molecule has 0 aliphatic heterocycles. The van der Waals surface area contributed by atoms with Crippen molar-refractivity contribution in [2.45, 2.75) is 13.1 Å². The quantitative estimate of drug-likeness (QED) is 0.747. The fourth-order valence-corrected chi connectivity index (χ4v) is 1.23. The molecule has 6 heteroatoms. The first-order valence-electron chi connectivity index (χ1n) is 4.69. The number of hydrogen-bond donors (Lipinski definition) is 0. The fraction of sp³-hybridized carbons (Fsp3) is 0.400. The van der Waals surface area contributed by atoms with E-state index < -0.39 is 12.7 Å². The molecule has 0 saturated heterocycles. The topological polar surface area (TPSA) is 33.2 Å². The smallest absolute Gasteiger partial charge is 0.348 e. The second-order valence-corrected chi connectivity index (χ2v) is 3.20. The molecule has 0 spiro atoms. The largest absolute Gasteiger partial charge is 0.405 e. The average molecular weight is 232 g/mol. The molecule has 1 heterocycles. The number of carbonyl (C=O) groups is 1. The van der Waals surface area contributed by atoms with Gasteiger partial charge in [0, 0.05) is 18.3 Å². The van der Waals surface area contributed by atoms with Crippen molar-refractivity contribution in [3.05, 3.63) is 23.9 Å². The van der Waals surface area contributed by atoms with Gasteiger partial charge in [0.1, 0.15) is 12.4 Å². The van der Waals surface area contributed by atoms with E-state index in [1.54, 1.807) is 6.92 Å². The van der Waals surface area contributed by atoms with Crippen molar-refractivity contribution >= 4 is 12.1 Å². The van der Waals surface area contributed by atoms with E-state index in [-0.39, 0.29) is 12.4 Å². The fourth-order valence-electron chi connectivity index (χ4n) is 1.23. The van der Waals surface area contributed by atoms with Crippen molar-refractivity contribution in [3.8, 4) is 0 Å². The number of aldehydes is 1. The molecular weight excluding hydrogens is 221 g/mol. The zero-order chi connectivity index (χ0) is 12.2. The Hall–Kier alpha value is -1.59. The highest BCUT2D eigenvalue weighted by molar-refractivity contribution is 5.74. The lowest BCUT2D eigenvalue weighted by atomic mass is 10.3. The molecule has 0 unspecified atom stereocenters. The van der Waals surface area contributed by atoms with Crippen LogP contribution in [0.15, 0.2) is 18.3 Å². The summed E-state index contributed by atoms with van der Waals surface area (Å²) in [7, 11) is 0. The first-order chi connectivity index (χ1) is 7.46. The van der Waals surface area contributed by atoms with E-state index in [4.69, 9.17) is 0 Å². The van der Waals surface area contributed by atoms with Crippen molar-refractivity contribution in [1.82, 2.24) is 4.98 Å². The summed E-state index contributed by atoms with van der Waals surface area (Å²) in [6, 6.07) is 2.84. The van der Waals surface area contributed by atoms with Crippen molar-refractivity contribution in [1.29, 1.82) is 0 Å². The Labute approximate surface area is 90.9 Å². The molecule has 16 heavy (non-hydrogen) atoms. The van der Waals surface area contributed by atoms with Crippen LogP contribution in [-0.2, 0) is 0 Å². The summed E-state index contributed by atoms with van der Waals surface area (Å²) in [6.45, 7) is 0.769. The highest BCUT2D eigenvalue weighted by Crippen LogP contribution is 2.20. The van der Waals surface area contributed by atoms with Gasteiger partial charge in [0.15, 0.2) is 6.29 Å². The SMILES string of the molecule is CCN(CC(F)(F)F)c1ccc(C=O)cn1. The molecule has 3 nitrogen and oxygen atoms in total. The molecule has 1 rings (SSSR count). The van der Waals surface area contributed by atoms with E-state index in [0.29, 0.717) is 11.8 Å². The van der Waals surface area contributed by atoms with Gasteiger partial charge >= 0.3 is 6.18 Å². The number of nitrogens with zero attached hydrogens (tertiary/aromatic N) is 2. The van der Waals surface area contributed by atoms with Gasteiger partial charge in [0.25, 0.3) is 0 Å². The maximum absolute atomic E-state index is 12.2. The average Bonchev–Trinajstić information content (AvgIpc) is 2.25. The molecule has 0 aliphatic rings. The number of halogens is 3. The summed E-state index contributed by atoms with van der Waals surface area (Å²) in [6.07, 6.45) is -2.42. The van der Waals surface area contributed by atoms with Crippen LogP contribution in [0.5, 0.6) is 0 Å². The molecule has 0 atom stereocenters. The summed E-state index contributed by atoms with van der Waals surface area (Å²) in [5, 5.41) is 0. The van der Waals surface area contributed by atoms with E-state index in [2.05, 4.69) is 4.98 Å². The Kier molecular flexibility index (Phi) is 3.87. The van der Waals surface area contributed by atoms with Crippen LogP contribution in [-0.4, -0.2) is 30.5 Å². The molecular formula is C10H11F3N2O. The lowest BCUT2D eigenvalue weighted by Crippen LogP contribution is -2.34. The minimum absolute atomic E-state index is 0.201. The van der Waals surface area contributed by atoms with Gasteiger partial charge in [0.2, 0.25) is 0 Å². The van der Waals surface area contributed by atoms with Gasteiger partial charge in [-0.1, -0.05) is 0 Å². The highest BCUT2D eigenvalue weighted by Gasteiger charge is 2.30. The summed E-state index contributed by atoms with van der Waals surface area (Å²) < 4.78 is 36.6. The minimum Gasteiger partial charge on any atom is -0.348 e. The second kappa shape index (κ2) is 4.96. The van der Waals surface area contributed by atoms with Crippen LogP contribution in [0, 0.1) is 0 Å². The summed E-state index contributed by atoms with van der Waals surface area (Å²) in [5.74, 6) is 0.213. The van der Waals surface area contributed by atoms with Crippen LogP contribution < -0.4 is 4.90 Å². The van der Waals surface area contributed by atoms with E-state index in [1.807, 2.05) is 0 Å². The van der Waals surface area contributed by atoms with Gasteiger partial charge < -0.3 is 4.90 Å². The third kappa shape index (κ3) is 3.52. The van der Waals surface area contributed by atoms with Crippen LogP contribution in [0.1, 0.15) is 17.3 Å². The van der Waals surface area contributed by atoms with Gasteiger partial charge in [-0.3, -0.25) is 4.79 Å². The van der Waals surface area contributed by atoms with Crippen LogP contribution in [0.2, 0.25) is 0 Å². The first kappa shape index (κ1) is 12.5. The van der Waals surface area contributed by atoms with Crippen molar-refractivity contribution in [2.24, 2.45) is 0 Å². The van der Waals surface area contributed by atoms with Crippen molar-refractivity contribution in [2.75, 3.05) is 18.0 Å². The zero-order valence-electron chi connectivity index (χ0n) is 8.66. The first-order valence-corrected chi connectivity index (χ1v) is 4.69. The van der Waals surface area contributed by atoms with Gasteiger partial charge in [0.05, 0.1) is 0 Å². The molecule has 0 amide bonds. The molecule has 0 fully saturated rings. The van der Waals surface area contributed by atoms with E-state index in [9.17, 15) is 18.0 Å². The number of anilines is 1. The minimum atomic E-state index is -4.26. The van der Waals surface area contributed by atoms with E-state index >= 15 is 0 Å². The molecule has 0 aliphatic carbocycles. The van der Waals surface area contributed by atoms with Crippen molar-refractivity contribution in [3.63, 3.8) is 0 Å². The number of carbonyl (C=O) groups excluding carboxylic acids is 1. The zero-order valence-corrected chi connectivity index (χ0v) is 8.66. The van der Waals surface area contributed by atoms with E-state index in [1.165, 1.54) is 18.3 Å². The Morgan fingerprint density at radius 3 is 2.50 bits per heavy atom. The normalized spacial score (nSPS) is 11.2. The Morgan fingerprint density at radius 1 is 1.44 bits per heavy atom. The monoisotopic (exact) mass is 232 g/mol. The molecule has 1 aromatic heterocycles. The lowest BCUT2D eigenvalue weighted by Gasteiger charge is -2.23. The summed E-state index contributed by atoms with van der Waals surface area (Å²) in [4.78, 5) is 15.2. The third-order valence-corrected chi connectivity index (χ3v) is 1.98. The highest BCUT2D eigenvalue weighted by atomic mass is 19.4. The molecule has 0 bridgehead atoms. The van der Waals surface area contributed by atoms with Gasteiger partial charge in [-0.15, -0.1) is 0 Å². The number of pyridine rings is 1. The van der Waals surface area contributed by atoms with E-state index in [0.717, 1.165) is 4.90 Å². The number of hydrogen-bond acceptors (Lipinski definition) is 3. The molecule has 0 saturated carbocycles. The number of rotatable bonds is 4. The maximum atomic E-state index is 12.2. The molecule has 0 aromatic carbocycles. The van der Waals surface area contributed by atoms with Crippen LogP contribution >= 0.6 is 0 Å². The summed E-state index contributed by atoms with van der Waals surface area (Å²) >= 11 is 0. The van der Waals surface area contributed by atoms with Gasteiger partial charge in [-0.05, 0) is 19.1 Å². The Balaban J connectivity index is 2.82. The number of aromatic nitrogens is 1. The van der Waals surface area contributed by atoms with Gasteiger partial charge in [-0.25, -0.2) is 4.98 Å². The molecule has 0 N–H and O–H groups in total. The van der Waals surface area contributed by atoms with Crippen LogP contribution in [0.4, 0.5) is 19.0 Å². The van der Waals surface area contributed by atoms with Gasteiger partial charge in [-0.2, -0.15) is 13.2 Å². The van der Waals surface area contributed by atoms with Crippen molar-refractivity contribution < 1.29 is 18.0 Å². The molecule has 88 valence electrons. The number of alkyl halides is 3. The standard InChI is InChI=1S/C10H11F3N2O/c1-2-15(7-10(11,12)13)9-4-3-8(6-16)5-14-9/h3-6H,2,7H2,1H3. The van der Waals surface area contributed by atoms with Crippen LogP contribution in [0.3, 0.4) is 0 Å². The Morgan fingerprint density at radius 2 is 2.12 bits per heavy atom. The van der Waals surface area contributed by atoms with Crippen LogP contribution in [0.25, 0.3) is 0 Å². The second-order valence-electron chi connectivity index (χ2n) is 3.20. The summed E-state index contributed by atoms with van der Waals surface area (Å²) in [5.41, 5.74) is 0.340. The lowest BCUT2D eigenvalue weighted by molar-refractivity contribution is -0.119. The molecule has 0 radical (unpaired) electrons.